The number of fused-ring (bicyclic) bond motifs is 1. The normalized spacial score (nSPS) is 18.1. The van der Waals surface area contributed by atoms with Crippen molar-refractivity contribution in [2.24, 2.45) is 0 Å². The number of anilines is 1. The van der Waals surface area contributed by atoms with Crippen molar-refractivity contribution in [3.8, 4) is 0 Å². The summed E-state index contributed by atoms with van der Waals surface area (Å²) in [6, 6.07) is 8.68. The number of benzene rings is 1. The second-order valence-electron chi connectivity index (χ2n) is 5.61. The van der Waals surface area contributed by atoms with Gasteiger partial charge in [-0.25, -0.2) is 9.97 Å². The standard InChI is InChI=1S/C16H18N4OS2/c1-21-10-8-14-18-16(23-19-14)20-9-4-6-12(20)15-17-11-5-2-3-7-13(11)22-15/h2-3,5,7,12H,4,6,8-10H2,1H3. The Bertz CT molecular complexity index is 767. The molecule has 120 valence electrons. The fourth-order valence-corrected chi connectivity index (χ4v) is 4.85. The van der Waals surface area contributed by atoms with Crippen molar-refractivity contribution in [2.45, 2.75) is 25.3 Å². The van der Waals surface area contributed by atoms with E-state index < -0.39 is 0 Å². The van der Waals surface area contributed by atoms with Crippen LogP contribution in [0.3, 0.4) is 0 Å². The lowest BCUT2D eigenvalue weighted by molar-refractivity contribution is 0.201. The quantitative estimate of drug-likeness (QED) is 0.705. The van der Waals surface area contributed by atoms with Gasteiger partial charge in [0.05, 0.1) is 22.9 Å². The summed E-state index contributed by atoms with van der Waals surface area (Å²) >= 11 is 3.29. The molecule has 0 saturated carbocycles. The fourth-order valence-electron chi connectivity index (χ4n) is 2.94. The Hall–Kier alpha value is -1.57. The molecule has 3 heterocycles. The van der Waals surface area contributed by atoms with Crippen LogP contribution < -0.4 is 4.90 Å². The maximum absolute atomic E-state index is 5.11. The average Bonchev–Trinajstić information content (AvgIpc) is 3.29. The highest BCUT2D eigenvalue weighted by atomic mass is 32.1. The Labute approximate surface area is 143 Å². The fraction of sp³-hybridized carbons (Fsp3) is 0.438. The molecule has 1 aromatic carbocycles. The maximum atomic E-state index is 5.11. The minimum atomic E-state index is 0.329. The number of hydrogen-bond donors (Lipinski definition) is 0. The number of para-hydroxylation sites is 1. The average molecular weight is 346 g/mol. The van der Waals surface area contributed by atoms with E-state index in [2.05, 4.69) is 32.5 Å². The third-order valence-corrected chi connectivity index (χ3v) is 6.01. The predicted octanol–water partition coefficient (Wildman–Crippen LogP) is 3.68. The van der Waals surface area contributed by atoms with Crippen molar-refractivity contribution >= 4 is 38.2 Å². The van der Waals surface area contributed by atoms with Crippen molar-refractivity contribution < 1.29 is 4.74 Å². The number of nitrogens with zero attached hydrogens (tertiary/aromatic N) is 4. The molecule has 0 amide bonds. The van der Waals surface area contributed by atoms with Gasteiger partial charge in [0.25, 0.3) is 0 Å². The molecule has 4 rings (SSSR count). The molecule has 0 radical (unpaired) electrons. The molecule has 1 aliphatic heterocycles. The van der Waals surface area contributed by atoms with Crippen LogP contribution in [0.15, 0.2) is 24.3 Å². The molecule has 1 atom stereocenters. The monoisotopic (exact) mass is 346 g/mol. The second-order valence-corrected chi connectivity index (χ2v) is 7.40. The zero-order valence-electron chi connectivity index (χ0n) is 12.9. The van der Waals surface area contributed by atoms with Gasteiger partial charge in [0.2, 0.25) is 5.13 Å². The first-order valence-corrected chi connectivity index (χ1v) is 9.38. The summed E-state index contributed by atoms with van der Waals surface area (Å²) in [5.41, 5.74) is 1.09. The van der Waals surface area contributed by atoms with Gasteiger partial charge in [-0.05, 0) is 25.0 Å². The lowest BCUT2D eigenvalue weighted by Crippen LogP contribution is -2.22. The van der Waals surface area contributed by atoms with Gasteiger partial charge in [0.1, 0.15) is 10.8 Å². The zero-order chi connectivity index (χ0) is 15.6. The summed E-state index contributed by atoms with van der Waals surface area (Å²) in [6.07, 6.45) is 3.08. The topological polar surface area (TPSA) is 51.1 Å². The van der Waals surface area contributed by atoms with Gasteiger partial charge in [0.15, 0.2) is 0 Å². The molecular formula is C16H18N4OS2. The van der Waals surface area contributed by atoms with Crippen molar-refractivity contribution in [3.63, 3.8) is 0 Å². The Morgan fingerprint density at radius 3 is 3.09 bits per heavy atom. The maximum Gasteiger partial charge on any atom is 0.205 e. The molecule has 1 aliphatic rings. The number of rotatable bonds is 5. The number of thiazole rings is 1. The minimum Gasteiger partial charge on any atom is -0.384 e. The van der Waals surface area contributed by atoms with E-state index in [1.165, 1.54) is 27.7 Å². The minimum absolute atomic E-state index is 0.329. The van der Waals surface area contributed by atoms with Crippen LogP contribution in [0, 0.1) is 0 Å². The summed E-state index contributed by atoms with van der Waals surface area (Å²) in [5.74, 6) is 0.877. The van der Waals surface area contributed by atoms with Gasteiger partial charge in [-0.2, -0.15) is 4.37 Å². The van der Waals surface area contributed by atoms with Crippen LogP contribution in [0.1, 0.15) is 29.7 Å². The van der Waals surface area contributed by atoms with Gasteiger partial charge in [-0.1, -0.05) is 12.1 Å². The number of hydrogen-bond acceptors (Lipinski definition) is 7. The molecule has 5 nitrogen and oxygen atoms in total. The van der Waals surface area contributed by atoms with Crippen LogP contribution in [0.25, 0.3) is 10.2 Å². The lowest BCUT2D eigenvalue weighted by atomic mass is 10.2. The number of methoxy groups -OCH3 is 1. The van der Waals surface area contributed by atoms with Crippen LogP contribution in [0.4, 0.5) is 5.13 Å². The Morgan fingerprint density at radius 1 is 1.30 bits per heavy atom. The van der Waals surface area contributed by atoms with Crippen LogP contribution in [0.5, 0.6) is 0 Å². The van der Waals surface area contributed by atoms with E-state index in [9.17, 15) is 0 Å². The van der Waals surface area contributed by atoms with Gasteiger partial charge < -0.3 is 9.64 Å². The van der Waals surface area contributed by atoms with Crippen molar-refractivity contribution in [3.05, 3.63) is 35.1 Å². The first kappa shape index (κ1) is 15.0. The van der Waals surface area contributed by atoms with Gasteiger partial charge in [-0.15, -0.1) is 11.3 Å². The molecule has 1 unspecified atom stereocenters. The van der Waals surface area contributed by atoms with Crippen LogP contribution in [-0.4, -0.2) is 34.6 Å². The van der Waals surface area contributed by atoms with E-state index in [4.69, 9.17) is 9.72 Å². The van der Waals surface area contributed by atoms with Gasteiger partial charge in [0, 0.05) is 31.6 Å². The summed E-state index contributed by atoms with van der Waals surface area (Å²) in [5, 5.41) is 2.20. The van der Waals surface area contributed by atoms with E-state index in [0.717, 1.165) is 35.9 Å². The van der Waals surface area contributed by atoms with Crippen molar-refractivity contribution in [1.29, 1.82) is 0 Å². The lowest BCUT2D eigenvalue weighted by Gasteiger charge is -2.21. The largest absolute Gasteiger partial charge is 0.384 e. The van der Waals surface area contributed by atoms with E-state index in [1.807, 2.05) is 6.07 Å². The third-order valence-electron chi connectivity index (χ3n) is 4.08. The van der Waals surface area contributed by atoms with E-state index in [-0.39, 0.29) is 0 Å². The summed E-state index contributed by atoms with van der Waals surface area (Å²) < 4.78 is 10.8. The van der Waals surface area contributed by atoms with Gasteiger partial charge in [-0.3, -0.25) is 0 Å². The molecule has 0 aliphatic carbocycles. The Morgan fingerprint density at radius 2 is 2.22 bits per heavy atom. The molecule has 23 heavy (non-hydrogen) atoms. The van der Waals surface area contributed by atoms with E-state index in [0.29, 0.717) is 12.6 Å². The van der Waals surface area contributed by atoms with Gasteiger partial charge >= 0.3 is 0 Å². The molecule has 1 fully saturated rings. The molecule has 0 N–H and O–H groups in total. The molecule has 0 spiro atoms. The summed E-state index contributed by atoms with van der Waals surface area (Å²) in [4.78, 5) is 11.9. The van der Waals surface area contributed by atoms with E-state index in [1.54, 1.807) is 18.4 Å². The molecule has 7 heteroatoms. The van der Waals surface area contributed by atoms with E-state index >= 15 is 0 Å². The molecule has 1 saturated heterocycles. The third kappa shape index (κ3) is 2.96. The summed E-state index contributed by atoms with van der Waals surface area (Å²) in [7, 11) is 1.71. The highest BCUT2D eigenvalue weighted by Crippen LogP contribution is 2.39. The Kier molecular flexibility index (Phi) is 4.24. The number of ether oxygens (including phenoxy) is 1. The van der Waals surface area contributed by atoms with Crippen LogP contribution in [-0.2, 0) is 11.2 Å². The predicted molar refractivity (Wildman–Crippen MR) is 94.4 cm³/mol. The zero-order valence-corrected chi connectivity index (χ0v) is 14.6. The van der Waals surface area contributed by atoms with Crippen LogP contribution >= 0.6 is 22.9 Å². The number of aromatic nitrogens is 3. The molecule has 0 bridgehead atoms. The SMILES string of the molecule is COCCc1nsc(N2CCCC2c2nc3ccccc3s2)n1. The second kappa shape index (κ2) is 6.51. The van der Waals surface area contributed by atoms with Crippen LogP contribution in [0.2, 0.25) is 0 Å². The Balaban J connectivity index is 1.59. The smallest absolute Gasteiger partial charge is 0.205 e. The highest BCUT2D eigenvalue weighted by Gasteiger charge is 2.31. The summed E-state index contributed by atoms with van der Waals surface area (Å²) in [6.45, 7) is 1.69. The molecule has 3 aromatic rings. The first-order valence-electron chi connectivity index (χ1n) is 7.79. The highest BCUT2D eigenvalue weighted by molar-refractivity contribution is 7.18. The van der Waals surface area contributed by atoms with Crippen molar-refractivity contribution in [2.75, 3.05) is 25.2 Å². The molecular weight excluding hydrogens is 328 g/mol. The first-order chi connectivity index (χ1) is 11.3. The molecule has 2 aromatic heterocycles. The van der Waals surface area contributed by atoms with Crippen molar-refractivity contribution in [1.82, 2.24) is 14.3 Å².